The quantitative estimate of drug-likeness (QED) is 0.907. The van der Waals surface area contributed by atoms with Gasteiger partial charge in [-0.15, -0.1) is 5.10 Å². The van der Waals surface area contributed by atoms with Crippen LogP contribution in [0.2, 0.25) is 0 Å². The molecule has 7 nitrogen and oxygen atoms in total. The Kier molecular flexibility index (Phi) is 4.56. The number of amides is 1. The number of hydrogen-bond acceptors (Lipinski definition) is 4. The molecule has 0 bridgehead atoms. The summed E-state index contributed by atoms with van der Waals surface area (Å²) >= 11 is 0. The number of benzene rings is 1. The number of aliphatic carboxylic acids is 1. The van der Waals surface area contributed by atoms with Crippen LogP contribution >= 0.6 is 0 Å². The molecule has 25 heavy (non-hydrogen) atoms. The van der Waals surface area contributed by atoms with Crippen LogP contribution < -0.4 is 0 Å². The van der Waals surface area contributed by atoms with E-state index in [1.54, 1.807) is 0 Å². The number of carbonyl (C=O) groups is 2. The topological polar surface area (TPSA) is 88.3 Å². The second kappa shape index (κ2) is 6.19. The fraction of sp³-hybridized carbons (Fsp3) is 0.333. The monoisotopic (exact) mass is 356 g/mol. The highest BCUT2D eigenvalue weighted by atomic mass is 19.4. The number of carboxylic acids is 1. The van der Waals surface area contributed by atoms with Gasteiger partial charge in [0.25, 0.3) is 5.91 Å². The summed E-state index contributed by atoms with van der Waals surface area (Å²) in [6.45, 7) is 2.68. The fourth-order valence-electron chi connectivity index (χ4n) is 1.88. The number of nitrogens with zero attached hydrogens (tertiary/aromatic N) is 4. The molecular formula is C15H15F3N4O3. The van der Waals surface area contributed by atoms with Crippen LogP contribution in [0, 0.1) is 0 Å². The van der Waals surface area contributed by atoms with Crippen LogP contribution in [0.3, 0.4) is 0 Å². The number of alkyl halides is 3. The first-order valence-corrected chi connectivity index (χ1v) is 7.06. The van der Waals surface area contributed by atoms with Gasteiger partial charge in [0.15, 0.2) is 5.69 Å². The number of halogens is 3. The van der Waals surface area contributed by atoms with Crippen LogP contribution in [0.5, 0.6) is 0 Å². The third-order valence-electron chi connectivity index (χ3n) is 3.82. The van der Waals surface area contributed by atoms with E-state index in [2.05, 4.69) is 10.3 Å². The van der Waals surface area contributed by atoms with Gasteiger partial charge >= 0.3 is 12.1 Å². The number of carbonyl (C=O) groups excluding carboxylic acids is 1. The van der Waals surface area contributed by atoms with E-state index in [0.29, 0.717) is 0 Å². The van der Waals surface area contributed by atoms with Crippen molar-refractivity contribution in [3.63, 3.8) is 0 Å². The number of carboxylic acid groups (broad SMARTS) is 1. The van der Waals surface area contributed by atoms with Crippen molar-refractivity contribution in [3.05, 3.63) is 41.7 Å². The van der Waals surface area contributed by atoms with Crippen molar-refractivity contribution in [2.75, 3.05) is 7.05 Å². The van der Waals surface area contributed by atoms with Gasteiger partial charge in [0.05, 0.1) is 17.4 Å². The van der Waals surface area contributed by atoms with E-state index in [0.717, 1.165) is 27.9 Å². The Balaban J connectivity index is 2.32. The molecule has 1 amide bonds. The molecule has 2 rings (SSSR count). The molecule has 0 unspecified atom stereocenters. The van der Waals surface area contributed by atoms with Crippen molar-refractivity contribution in [3.8, 4) is 5.69 Å². The normalized spacial score (nSPS) is 12.1. The lowest BCUT2D eigenvalue weighted by Gasteiger charge is -2.30. The molecule has 0 aliphatic rings. The van der Waals surface area contributed by atoms with Crippen molar-refractivity contribution in [2.45, 2.75) is 25.6 Å². The van der Waals surface area contributed by atoms with Crippen molar-refractivity contribution >= 4 is 11.9 Å². The molecule has 0 saturated heterocycles. The Morgan fingerprint density at radius 2 is 1.88 bits per heavy atom. The Morgan fingerprint density at radius 3 is 2.44 bits per heavy atom. The summed E-state index contributed by atoms with van der Waals surface area (Å²) in [4.78, 5) is 24.5. The summed E-state index contributed by atoms with van der Waals surface area (Å²) in [5.74, 6) is -1.93. The molecule has 1 aromatic heterocycles. The first-order chi connectivity index (χ1) is 11.4. The van der Waals surface area contributed by atoms with E-state index in [9.17, 15) is 22.8 Å². The summed E-state index contributed by atoms with van der Waals surface area (Å²) in [7, 11) is 1.29. The summed E-state index contributed by atoms with van der Waals surface area (Å²) in [5.41, 5.74) is -2.47. The Hall–Kier alpha value is -2.91. The lowest BCUT2D eigenvalue weighted by atomic mass is 10.0. The summed E-state index contributed by atoms with van der Waals surface area (Å²) in [6, 6.07) is 4.37. The second-order valence-electron chi connectivity index (χ2n) is 5.82. The molecule has 1 aromatic carbocycles. The molecule has 0 radical (unpaired) electrons. The number of aromatic nitrogens is 3. The predicted molar refractivity (Wildman–Crippen MR) is 80.2 cm³/mol. The molecule has 1 N–H and O–H groups in total. The molecule has 0 spiro atoms. The van der Waals surface area contributed by atoms with Gasteiger partial charge in [-0.3, -0.25) is 4.79 Å². The molecule has 0 fully saturated rings. The Labute approximate surface area is 140 Å². The standard InChI is InChI=1S/C15H15F3N4O3/c1-14(2,13(24)25)21(3)12(23)11-8-22(20-19-11)10-6-4-5-9(7-10)15(16,17)18/h4-8H,1-3H3,(H,24,25). The molecule has 0 aliphatic carbocycles. The lowest BCUT2D eigenvalue weighted by Crippen LogP contribution is -2.50. The van der Waals surface area contributed by atoms with E-state index in [4.69, 9.17) is 5.11 Å². The van der Waals surface area contributed by atoms with Gasteiger partial charge in [-0.1, -0.05) is 11.3 Å². The van der Waals surface area contributed by atoms with E-state index in [-0.39, 0.29) is 11.4 Å². The maximum absolute atomic E-state index is 12.8. The molecule has 134 valence electrons. The largest absolute Gasteiger partial charge is 0.480 e. The Bertz CT molecular complexity index is 814. The summed E-state index contributed by atoms with van der Waals surface area (Å²) in [6.07, 6.45) is -3.37. The maximum atomic E-state index is 12.8. The zero-order chi connectivity index (χ0) is 19.0. The van der Waals surface area contributed by atoms with Gasteiger partial charge in [0.1, 0.15) is 5.54 Å². The van der Waals surface area contributed by atoms with Gasteiger partial charge in [0, 0.05) is 7.05 Å². The number of rotatable bonds is 4. The van der Waals surface area contributed by atoms with Gasteiger partial charge in [-0.2, -0.15) is 13.2 Å². The molecule has 0 aliphatic heterocycles. The molecule has 1 heterocycles. The van der Waals surface area contributed by atoms with E-state index in [1.807, 2.05) is 0 Å². The highest BCUT2D eigenvalue weighted by molar-refractivity contribution is 5.95. The van der Waals surface area contributed by atoms with Crippen LogP contribution in [0.4, 0.5) is 13.2 Å². The van der Waals surface area contributed by atoms with Crippen LogP contribution in [0.25, 0.3) is 5.69 Å². The van der Waals surface area contributed by atoms with Crippen molar-refractivity contribution < 1.29 is 27.9 Å². The number of hydrogen-bond donors (Lipinski definition) is 1. The van der Waals surface area contributed by atoms with Crippen LogP contribution in [-0.4, -0.2) is 49.5 Å². The van der Waals surface area contributed by atoms with Crippen LogP contribution in [0.1, 0.15) is 29.9 Å². The Morgan fingerprint density at radius 1 is 1.24 bits per heavy atom. The van der Waals surface area contributed by atoms with E-state index in [1.165, 1.54) is 33.0 Å². The molecular weight excluding hydrogens is 341 g/mol. The lowest BCUT2D eigenvalue weighted by molar-refractivity contribution is -0.147. The maximum Gasteiger partial charge on any atom is 0.416 e. The van der Waals surface area contributed by atoms with Crippen LogP contribution in [-0.2, 0) is 11.0 Å². The zero-order valence-corrected chi connectivity index (χ0v) is 13.6. The second-order valence-corrected chi connectivity index (χ2v) is 5.82. The van der Waals surface area contributed by atoms with E-state index >= 15 is 0 Å². The molecule has 2 aromatic rings. The van der Waals surface area contributed by atoms with Gasteiger partial charge in [-0.05, 0) is 32.0 Å². The smallest absolute Gasteiger partial charge is 0.416 e. The zero-order valence-electron chi connectivity index (χ0n) is 13.6. The molecule has 0 saturated carbocycles. The average Bonchev–Trinajstić information content (AvgIpc) is 3.02. The SMILES string of the molecule is CN(C(=O)c1cn(-c2cccc(C(F)(F)F)c2)nn1)C(C)(C)C(=O)O. The molecule has 10 heteroatoms. The van der Waals surface area contributed by atoms with Gasteiger partial charge in [-0.25, -0.2) is 9.48 Å². The van der Waals surface area contributed by atoms with Crippen molar-refractivity contribution in [1.29, 1.82) is 0 Å². The average molecular weight is 356 g/mol. The minimum Gasteiger partial charge on any atom is -0.480 e. The minimum atomic E-state index is -4.51. The third-order valence-corrected chi connectivity index (χ3v) is 3.82. The first-order valence-electron chi connectivity index (χ1n) is 7.06. The highest BCUT2D eigenvalue weighted by Gasteiger charge is 2.36. The minimum absolute atomic E-state index is 0.0709. The number of likely N-dealkylation sites (N-methyl/N-ethyl adjacent to an activating group) is 1. The van der Waals surface area contributed by atoms with Crippen molar-refractivity contribution in [1.82, 2.24) is 19.9 Å². The predicted octanol–water partition coefficient (Wildman–Crippen LogP) is 2.22. The van der Waals surface area contributed by atoms with E-state index < -0.39 is 29.2 Å². The third kappa shape index (κ3) is 3.62. The summed E-state index contributed by atoms with van der Waals surface area (Å²) < 4.78 is 39.3. The summed E-state index contributed by atoms with van der Waals surface area (Å²) in [5, 5.41) is 16.4. The van der Waals surface area contributed by atoms with Crippen LogP contribution in [0.15, 0.2) is 30.5 Å². The highest BCUT2D eigenvalue weighted by Crippen LogP contribution is 2.30. The van der Waals surface area contributed by atoms with Crippen molar-refractivity contribution in [2.24, 2.45) is 0 Å². The first kappa shape index (κ1) is 18.4. The van der Waals surface area contributed by atoms with Gasteiger partial charge in [0.2, 0.25) is 0 Å². The van der Waals surface area contributed by atoms with Gasteiger partial charge < -0.3 is 10.0 Å². The fourth-order valence-corrected chi connectivity index (χ4v) is 1.88. The molecule has 0 atom stereocenters.